The Balaban J connectivity index is 2.29. The topological polar surface area (TPSA) is 69.4 Å². The Kier molecular flexibility index (Phi) is 5.89. The molecule has 0 aromatic rings. The Hall–Kier alpha value is -0.130. The highest BCUT2D eigenvalue weighted by Crippen LogP contribution is 2.36. The predicted octanol–water partition coefficient (Wildman–Crippen LogP) is 1.34. The molecule has 2 unspecified atom stereocenters. The normalized spacial score (nSPS) is 20.2. The van der Waals surface area contributed by atoms with Gasteiger partial charge in [0, 0.05) is 18.4 Å². The van der Waals surface area contributed by atoms with Gasteiger partial charge in [0.2, 0.25) is 0 Å². The second-order valence-electron chi connectivity index (χ2n) is 4.80. The molecule has 2 N–H and O–H groups in total. The van der Waals surface area contributed by atoms with E-state index in [1.807, 2.05) is 6.92 Å². The van der Waals surface area contributed by atoms with Crippen LogP contribution in [0.3, 0.4) is 0 Å². The minimum atomic E-state index is -2.85. The van der Waals surface area contributed by atoms with Gasteiger partial charge in [0.25, 0.3) is 0 Å². The Morgan fingerprint density at radius 3 is 2.47 bits per heavy atom. The maximum Gasteiger partial charge on any atom is 0.150 e. The fourth-order valence-electron chi connectivity index (χ4n) is 2.07. The number of hydrogen-bond donors (Lipinski definition) is 1. The van der Waals surface area contributed by atoms with Gasteiger partial charge in [0.15, 0.2) is 0 Å². The third-order valence-electron chi connectivity index (χ3n) is 3.30. The van der Waals surface area contributed by atoms with Gasteiger partial charge < -0.3 is 10.5 Å². The molecule has 0 aliphatic heterocycles. The second-order valence-corrected chi connectivity index (χ2v) is 7.27. The van der Waals surface area contributed by atoms with Gasteiger partial charge in [-0.1, -0.05) is 6.92 Å². The first-order chi connectivity index (χ1) is 8.00. The Labute approximate surface area is 105 Å². The number of rotatable bonds is 9. The van der Waals surface area contributed by atoms with E-state index < -0.39 is 9.84 Å². The quantitative estimate of drug-likeness (QED) is 0.681. The summed E-state index contributed by atoms with van der Waals surface area (Å²) in [7, 11) is -2.85. The summed E-state index contributed by atoms with van der Waals surface area (Å²) < 4.78 is 28.4. The third kappa shape index (κ3) is 5.36. The molecule has 0 heterocycles. The molecule has 0 spiro atoms. The van der Waals surface area contributed by atoms with Crippen LogP contribution in [0.2, 0.25) is 0 Å². The van der Waals surface area contributed by atoms with Gasteiger partial charge in [-0.2, -0.15) is 0 Å². The van der Waals surface area contributed by atoms with E-state index in [1.54, 1.807) is 6.92 Å². The summed E-state index contributed by atoms with van der Waals surface area (Å²) in [5.74, 6) is 1.08. The molecule has 1 rings (SSSR count). The molecular weight excluding hydrogens is 238 g/mol. The van der Waals surface area contributed by atoms with E-state index in [4.69, 9.17) is 10.5 Å². The molecule has 0 aromatic carbocycles. The molecule has 0 amide bonds. The summed E-state index contributed by atoms with van der Waals surface area (Å²) in [4.78, 5) is 0. The molecule has 0 aromatic heterocycles. The molecule has 1 aliphatic rings. The average Bonchev–Trinajstić information content (AvgIpc) is 3.09. The van der Waals surface area contributed by atoms with Gasteiger partial charge in [0.1, 0.15) is 9.84 Å². The molecular formula is C12H25NO3S. The van der Waals surface area contributed by atoms with Gasteiger partial charge >= 0.3 is 0 Å². The van der Waals surface area contributed by atoms with E-state index in [2.05, 4.69) is 0 Å². The zero-order chi connectivity index (χ0) is 12.9. The molecule has 1 aliphatic carbocycles. The van der Waals surface area contributed by atoms with Crippen LogP contribution in [0.25, 0.3) is 0 Å². The fourth-order valence-corrected chi connectivity index (χ4v) is 2.97. The number of ether oxygens (including phenoxy) is 1. The van der Waals surface area contributed by atoms with Crippen molar-refractivity contribution in [3.05, 3.63) is 0 Å². The van der Waals surface area contributed by atoms with Crippen LogP contribution in [-0.4, -0.2) is 38.7 Å². The van der Waals surface area contributed by atoms with Crippen molar-refractivity contribution in [2.75, 3.05) is 18.1 Å². The number of nitrogens with two attached hydrogens (primary N) is 1. The van der Waals surface area contributed by atoms with E-state index in [-0.39, 0.29) is 23.7 Å². The Morgan fingerprint density at radius 2 is 2.00 bits per heavy atom. The van der Waals surface area contributed by atoms with Crippen molar-refractivity contribution >= 4 is 9.84 Å². The monoisotopic (exact) mass is 263 g/mol. The van der Waals surface area contributed by atoms with Crippen molar-refractivity contribution < 1.29 is 13.2 Å². The zero-order valence-electron chi connectivity index (χ0n) is 10.9. The van der Waals surface area contributed by atoms with Gasteiger partial charge in [-0.05, 0) is 38.5 Å². The highest BCUT2D eigenvalue weighted by atomic mass is 32.2. The molecule has 0 radical (unpaired) electrons. The molecule has 4 nitrogen and oxygen atoms in total. The van der Waals surface area contributed by atoms with E-state index in [0.29, 0.717) is 18.9 Å². The largest absolute Gasteiger partial charge is 0.377 e. The first-order valence-corrected chi connectivity index (χ1v) is 8.40. The maximum atomic E-state index is 11.4. The summed E-state index contributed by atoms with van der Waals surface area (Å²) in [5.41, 5.74) is 6.10. The fraction of sp³-hybridized carbons (Fsp3) is 1.00. The van der Waals surface area contributed by atoms with E-state index in [1.165, 1.54) is 12.8 Å². The molecule has 0 bridgehead atoms. The lowest BCUT2D eigenvalue weighted by Gasteiger charge is -2.23. The molecule has 0 saturated heterocycles. The van der Waals surface area contributed by atoms with Crippen molar-refractivity contribution in [2.45, 2.75) is 51.7 Å². The number of hydrogen-bond acceptors (Lipinski definition) is 4. The third-order valence-corrected chi connectivity index (χ3v) is 5.09. The predicted molar refractivity (Wildman–Crippen MR) is 69.7 cm³/mol. The minimum absolute atomic E-state index is 0.0190. The minimum Gasteiger partial charge on any atom is -0.377 e. The first kappa shape index (κ1) is 14.9. The molecule has 1 saturated carbocycles. The van der Waals surface area contributed by atoms with Crippen molar-refractivity contribution in [3.8, 4) is 0 Å². The van der Waals surface area contributed by atoms with Gasteiger partial charge in [-0.3, -0.25) is 0 Å². The lowest BCUT2D eigenvalue weighted by atomic mass is 10.0. The molecule has 1 fully saturated rings. The standard InChI is InChI=1S/C12H25NO3S/c1-3-16-12(10-7-8-10)11(13)6-5-9-17(14,15)4-2/h10-12H,3-9,13H2,1-2H3. The summed E-state index contributed by atoms with van der Waals surface area (Å²) in [5, 5.41) is 0. The lowest BCUT2D eigenvalue weighted by Crippen LogP contribution is -2.38. The van der Waals surface area contributed by atoms with Crippen LogP contribution < -0.4 is 5.73 Å². The lowest BCUT2D eigenvalue weighted by molar-refractivity contribution is 0.0267. The first-order valence-electron chi connectivity index (χ1n) is 6.57. The van der Waals surface area contributed by atoms with Crippen molar-refractivity contribution in [1.82, 2.24) is 0 Å². The average molecular weight is 263 g/mol. The maximum absolute atomic E-state index is 11.4. The second kappa shape index (κ2) is 6.71. The van der Waals surface area contributed by atoms with Crippen LogP contribution in [0.15, 0.2) is 0 Å². The highest BCUT2D eigenvalue weighted by Gasteiger charge is 2.35. The van der Waals surface area contributed by atoms with Crippen molar-refractivity contribution in [1.29, 1.82) is 0 Å². The molecule has 5 heteroatoms. The molecule has 102 valence electrons. The van der Waals surface area contributed by atoms with E-state index in [0.717, 1.165) is 6.42 Å². The molecule has 17 heavy (non-hydrogen) atoms. The van der Waals surface area contributed by atoms with E-state index >= 15 is 0 Å². The Morgan fingerprint density at radius 1 is 1.35 bits per heavy atom. The van der Waals surface area contributed by atoms with Crippen LogP contribution >= 0.6 is 0 Å². The SMILES string of the molecule is CCOC(C(N)CCCS(=O)(=O)CC)C1CC1. The van der Waals surface area contributed by atoms with Gasteiger partial charge in [0.05, 0.1) is 11.9 Å². The van der Waals surface area contributed by atoms with Gasteiger partial charge in [-0.15, -0.1) is 0 Å². The Bertz CT molecular complexity index is 312. The summed E-state index contributed by atoms with van der Waals surface area (Å²) in [6, 6.07) is -0.0190. The van der Waals surface area contributed by atoms with Crippen molar-refractivity contribution in [2.24, 2.45) is 11.7 Å². The van der Waals surface area contributed by atoms with Crippen LogP contribution in [0.4, 0.5) is 0 Å². The van der Waals surface area contributed by atoms with Crippen molar-refractivity contribution in [3.63, 3.8) is 0 Å². The molecule has 2 atom stereocenters. The van der Waals surface area contributed by atoms with Gasteiger partial charge in [-0.25, -0.2) is 8.42 Å². The summed E-state index contributed by atoms with van der Waals surface area (Å²) in [6.45, 7) is 4.34. The van der Waals surface area contributed by atoms with Crippen LogP contribution in [0.5, 0.6) is 0 Å². The van der Waals surface area contributed by atoms with Crippen LogP contribution in [0.1, 0.15) is 39.5 Å². The van der Waals surface area contributed by atoms with Crippen LogP contribution in [0, 0.1) is 5.92 Å². The summed E-state index contributed by atoms with van der Waals surface area (Å²) >= 11 is 0. The highest BCUT2D eigenvalue weighted by molar-refractivity contribution is 7.91. The smallest absolute Gasteiger partial charge is 0.150 e. The van der Waals surface area contributed by atoms with Crippen LogP contribution in [-0.2, 0) is 14.6 Å². The number of sulfone groups is 1. The van der Waals surface area contributed by atoms with E-state index in [9.17, 15) is 8.42 Å². The summed E-state index contributed by atoms with van der Waals surface area (Å²) in [6.07, 6.45) is 3.91. The zero-order valence-corrected chi connectivity index (χ0v) is 11.7.